The molecule has 0 atom stereocenters. The van der Waals surface area contributed by atoms with Gasteiger partial charge in [-0.1, -0.05) is 42.6 Å². The van der Waals surface area contributed by atoms with E-state index in [1.165, 1.54) is 6.33 Å². The third kappa shape index (κ3) is 6.78. The molecule has 7 nitrogen and oxygen atoms in total. The number of hydrogen-bond acceptors (Lipinski definition) is 8. The molecule has 0 aliphatic carbocycles. The molecule has 0 amide bonds. The van der Waals surface area contributed by atoms with Gasteiger partial charge in [0.25, 0.3) is 0 Å². The van der Waals surface area contributed by atoms with Crippen molar-refractivity contribution in [3.8, 4) is 11.5 Å². The highest BCUT2D eigenvalue weighted by atomic mass is 35.5. The lowest BCUT2D eigenvalue weighted by molar-refractivity contribution is -0.137. The van der Waals surface area contributed by atoms with Gasteiger partial charge >= 0.3 is 6.18 Å². The first kappa shape index (κ1) is 27.3. The fourth-order valence-corrected chi connectivity index (χ4v) is 4.12. The summed E-state index contributed by atoms with van der Waals surface area (Å²) in [6.07, 6.45) is 0.118. The van der Waals surface area contributed by atoms with E-state index in [4.69, 9.17) is 21.1 Å². The van der Waals surface area contributed by atoms with Gasteiger partial charge in [-0.3, -0.25) is 0 Å². The minimum absolute atomic E-state index is 0.0556. The first-order chi connectivity index (χ1) is 18.3. The molecule has 3 heterocycles. The Morgan fingerprint density at radius 2 is 1.84 bits per heavy atom. The second-order valence-electron chi connectivity index (χ2n) is 8.06. The zero-order valence-corrected chi connectivity index (χ0v) is 21.8. The van der Waals surface area contributed by atoms with E-state index in [2.05, 4.69) is 32.5 Å². The Kier molecular flexibility index (Phi) is 8.80. The topological polar surface area (TPSA) is 72.4 Å². The van der Waals surface area contributed by atoms with E-state index in [1.54, 1.807) is 24.3 Å². The number of halogens is 4. The van der Waals surface area contributed by atoms with Crippen LogP contribution in [-0.4, -0.2) is 35.2 Å². The summed E-state index contributed by atoms with van der Waals surface area (Å²) < 4.78 is 52.3. The Bertz CT molecular complexity index is 1360. The number of nitrogens with zero attached hydrogens (tertiary/aromatic N) is 4. The standard InChI is InChI=1S/C22H18ClF3N2O2.C4H5N3S/c1-29-17-5-2-14(3-6-17)10-15-4-7-19-20(11-15)30-9-8-28(19)21-18(23)12-16(13-27-21)22(24,25)26;8-7-4-1-2-5-3-6-4/h2-7,11-13H,8-10H2,1H3;1-3,8H,(H,5,6,7). The molecular formula is C26H23ClF3N5O2S. The number of hydrogen-bond donors (Lipinski definition) is 2. The van der Waals surface area contributed by atoms with Crippen LogP contribution in [0.4, 0.5) is 30.5 Å². The van der Waals surface area contributed by atoms with Crippen LogP contribution < -0.4 is 19.1 Å². The molecule has 5 rings (SSSR count). The summed E-state index contributed by atoms with van der Waals surface area (Å²) in [5.41, 5.74) is 2.01. The van der Waals surface area contributed by atoms with Crippen LogP contribution >= 0.6 is 24.4 Å². The van der Waals surface area contributed by atoms with Crippen molar-refractivity contribution in [2.45, 2.75) is 12.6 Å². The van der Waals surface area contributed by atoms with Crippen molar-refractivity contribution in [1.82, 2.24) is 15.0 Å². The molecule has 1 aliphatic rings. The second-order valence-corrected chi connectivity index (χ2v) is 8.69. The van der Waals surface area contributed by atoms with Crippen molar-refractivity contribution in [2.75, 3.05) is 29.9 Å². The normalized spacial score (nSPS) is 12.5. The van der Waals surface area contributed by atoms with Crippen LogP contribution in [0.25, 0.3) is 0 Å². The zero-order chi connectivity index (χ0) is 27.1. The zero-order valence-electron chi connectivity index (χ0n) is 20.1. The number of anilines is 3. The largest absolute Gasteiger partial charge is 0.497 e. The Morgan fingerprint density at radius 3 is 2.45 bits per heavy atom. The molecule has 2 aromatic carbocycles. The maximum absolute atomic E-state index is 12.9. The van der Waals surface area contributed by atoms with E-state index in [0.717, 1.165) is 29.1 Å². The summed E-state index contributed by atoms with van der Waals surface area (Å²) in [5, 5.41) is -0.0556. The number of benzene rings is 2. The van der Waals surface area contributed by atoms with Crippen LogP contribution in [0.1, 0.15) is 16.7 Å². The molecule has 0 unspecified atom stereocenters. The highest BCUT2D eigenvalue weighted by Gasteiger charge is 2.32. The summed E-state index contributed by atoms with van der Waals surface area (Å²) in [7, 11) is 1.62. The van der Waals surface area contributed by atoms with E-state index in [0.29, 0.717) is 36.8 Å². The number of rotatable bonds is 5. The average Bonchev–Trinajstić information content (AvgIpc) is 2.93. The Balaban J connectivity index is 0.000000360. The van der Waals surface area contributed by atoms with Gasteiger partial charge in [0.2, 0.25) is 0 Å². The van der Waals surface area contributed by atoms with Gasteiger partial charge in [-0.2, -0.15) is 13.2 Å². The molecule has 2 aromatic heterocycles. The van der Waals surface area contributed by atoms with Crippen LogP contribution in [0.3, 0.4) is 0 Å². The molecule has 12 heteroatoms. The number of thiol groups is 1. The van der Waals surface area contributed by atoms with Crippen molar-refractivity contribution < 1.29 is 22.6 Å². The Labute approximate surface area is 228 Å². The van der Waals surface area contributed by atoms with Crippen LogP contribution in [0, 0.1) is 0 Å². The number of methoxy groups -OCH3 is 1. The van der Waals surface area contributed by atoms with Gasteiger partial charge in [0, 0.05) is 12.4 Å². The minimum atomic E-state index is -4.49. The maximum Gasteiger partial charge on any atom is 0.417 e. The van der Waals surface area contributed by atoms with E-state index >= 15 is 0 Å². The first-order valence-corrected chi connectivity index (χ1v) is 12.2. The molecule has 0 fully saturated rings. The van der Waals surface area contributed by atoms with Gasteiger partial charge in [0.1, 0.15) is 30.3 Å². The molecule has 0 radical (unpaired) electrons. The lowest BCUT2D eigenvalue weighted by Gasteiger charge is -2.31. The molecule has 38 heavy (non-hydrogen) atoms. The smallest absolute Gasteiger partial charge is 0.417 e. The summed E-state index contributed by atoms with van der Waals surface area (Å²) >= 11 is 9.91. The third-order valence-electron chi connectivity index (χ3n) is 5.56. The van der Waals surface area contributed by atoms with E-state index in [1.807, 2.05) is 42.5 Å². The third-order valence-corrected chi connectivity index (χ3v) is 6.06. The van der Waals surface area contributed by atoms with Crippen LogP contribution in [0.2, 0.25) is 5.02 Å². The van der Waals surface area contributed by atoms with Crippen molar-refractivity contribution in [1.29, 1.82) is 0 Å². The fraction of sp³-hybridized carbons (Fsp3) is 0.192. The highest BCUT2D eigenvalue weighted by molar-refractivity contribution is 7.81. The van der Waals surface area contributed by atoms with Gasteiger partial charge in [-0.15, -0.1) is 0 Å². The lowest BCUT2D eigenvalue weighted by Crippen LogP contribution is -2.29. The quantitative estimate of drug-likeness (QED) is 0.265. The lowest BCUT2D eigenvalue weighted by atomic mass is 10.0. The number of aromatic nitrogens is 3. The fourth-order valence-electron chi connectivity index (χ4n) is 3.71. The molecule has 0 saturated heterocycles. The predicted molar refractivity (Wildman–Crippen MR) is 144 cm³/mol. The van der Waals surface area contributed by atoms with Gasteiger partial charge in [-0.25, -0.2) is 15.0 Å². The number of alkyl halides is 3. The number of nitrogens with one attached hydrogen (secondary N) is 1. The average molecular weight is 562 g/mol. The summed E-state index contributed by atoms with van der Waals surface area (Å²) in [4.78, 5) is 13.3. The molecule has 0 saturated carbocycles. The van der Waals surface area contributed by atoms with Crippen LogP contribution in [0.5, 0.6) is 11.5 Å². The van der Waals surface area contributed by atoms with E-state index in [-0.39, 0.29) is 10.8 Å². The van der Waals surface area contributed by atoms with Crippen molar-refractivity contribution in [3.05, 3.63) is 95.0 Å². The second kappa shape index (κ2) is 12.2. The van der Waals surface area contributed by atoms with E-state index < -0.39 is 11.7 Å². The van der Waals surface area contributed by atoms with Gasteiger partial charge in [-0.05, 0) is 53.9 Å². The minimum Gasteiger partial charge on any atom is -0.497 e. The highest BCUT2D eigenvalue weighted by Crippen LogP contribution is 2.41. The molecular weight excluding hydrogens is 539 g/mol. The van der Waals surface area contributed by atoms with Crippen LogP contribution in [0.15, 0.2) is 73.3 Å². The number of fused-ring (bicyclic) bond motifs is 1. The Morgan fingerprint density at radius 1 is 1.08 bits per heavy atom. The van der Waals surface area contributed by atoms with Gasteiger partial charge in [0.15, 0.2) is 5.82 Å². The van der Waals surface area contributed by atoms with Gasteiger partial charge < -0.3 is 19.1 Å². The summed E-state index contributed by atoms with van der Waals surface area (Å²) in [6, 6.07) is 16.2. The monoisotopic (exact) mass is 561 g/mol. The van der Waals surface area contributed by atoms with Crippen molar-refractivity contribution in [3.63, 3.8) is 0 Å². The van der Waals surface area contributed by atoms with Crippen LogP contribution in [-0.2, 0) is 12.6 Å². The predicted octanol–water partition coefficient (Wildman–Crippen LogP) is 6.62. The first-order valence-electron chi connectivity index (χ1n) is 11.3. The molecule has 4 aromatic rings. The SMILES string of the molecule is COc1ccc(Cc2ccc3c(c2)OCCN3c2ncc(C(F)(F)F)cc2Cl)cc1.SNc1ccncn1. The van der Waals surface area contributed by atoms with Gasteiger partial charge in [0.05, 0.1) is 29.9 Å². The number of pyridine rings is 1. The molecule has 198 valence electrons. The summed E-state index contributed by atoms with van der Waals surface area (Å²) in [6.45, 7) is 0.806. The molecule has 1 aliphatic heterocycles. The number of ether oxygens (including phenoxy) is 2. The molecule has 0 spiro atoms. The van der Waals surface area contributed by atoms with E-state index in [9.17, 15) is 13.2 Å². The maximum atomic E-state index is 12.9. The Hall–Kier alpha value is -3.70. The molecule has 0 bridgehead atoms. The summed E-state index contributed by atoms with van der Waals surface area (Å²) in [5.74, 6) is 2.43. The molecule has 1 N–H and O–H groups in total. The van der Waals surface area contributed by atoms with Crippen molar-refractivity contribution in [2.24, 2.45) is 0 Å². The van der Waals surface area contributed by atoms with Crippen molar-refractivity contribution >= 4 is 41.7 Å².